The van der Waals surface area contributed by atoms with E-state index in [1.165, 1.54) is 11.1 Å². The predicted octanol–water partition coefficient (Wildman–Crippen LogP) is 3.74. The standard InChI is InChI=1S/C22H30N4O2/c1-16-6-8-18(9-7-16)15-19-14-17(2)23-20(24-19)25-10-12-26(13-11-25)21(27)28-22(3,4)5/h6-9,14H,10-13,15H2,1-5H3. The number of benzene rings is 1. The molecule has 2 aromatic rings. The molecule has 0 bridgehead atoms. The van der Waals surface area contributed by atoms with Crippen LogP contribution in [-0.4, -0.2) is 52.7 Å². The summed E-state index contributed by atoms with van der Waals surface area (Å²) in [5, 5.41) is 0. The first kappa shape index (κ1) is 20.1. The average molecular weight is 383 g/mol. The molecule has 6 heteroatoms. The number of carbonyl (C=O) groups is 1. The third kappa shape index (κ3) is 5.44. The molecule has 1 aliphatic rings. The van der Waals surface area contributed by atoms with Crippen molar-refractivity contribution in [2.24, 2.45) is 0 Å². The summed E-state index contributed by atoms with van der Waals surface area (Å²) in [6.07, 6.45) is 0.534. The lowest BCUT2D eigenvalue weighted by molar-refractivity contribution is 0.0240. The molecule has 0 saturated carbocycles. The smallest absolute Gasteiger partial charge is 0.410 e. The van der Waals surface area contributed by atoms with E-state index >= 15 is 0 Å². The highest BCUT2D eigenvalue weighted by Gasteiger charge is 2.26. The molecule has 1 aromatic heterocycles. The number of nitrogens with zero attached hydrogens (tertiary/aromatic N) is 4. The van der Waals surface area contributed by atoms with Gasteiger partial charge in [-0.1, -0.05) is 29.8 Å². The number of carbonyl (C=O) groups excluding carboxylic acids is 1. The Bertz CT molecular complexity index is 819. The first-order chi connectivity index (χ1) is 13.2. The number of amides is 1. The zero-order valence-corrected chi connectivity index (χ0v) is 17.5. The molecule has 3 rings (SSSR count). The van der Waals surface area contributed by atoms with Gasteiger partial charge < -0.3 is 14.5 Å². The van der Waals surface area contributed by atoms with E-state index in [-0.39, 0.29) is 6.09 Å². The van der Waals surface area contributed by atoms with Gasteiger partial charge in [0.15, 0.2) is 0 Å². The molecule has 1 amide bonds. The van der Waals surface area contributed by atoms with Crippen LogP contribution >= 0.6 is 0 Å². The number of piperazine rings is 1. The minimum absolute atomic E-state index is 0.252. The van der Waals surface area contributed by atoms with Crippen LogP contribution in [0.4, 0.5) is 10.7 Å². The van der Waals surface area contributed by atoms with Gasteiger partial charge in [0.25, 0.3) is 0 Å². The Hall–Kier alpha value is -2.63. The van der Waals surface area contributed by atoms with Gasteiger partial charge in [0, 0.05) is 38.3 Å². The molecule has 0 atom stereocenters. The van der Waals surface area contributed by atoms with Crippen LogP contribution in [0.15, 0.2) is 30.3 Å². The number of anilines is 1. The van der Waals surface area contributed by atoms with Gasteiger partial charge in [0.1, 0.15) is 5.60 Å². The van der Waals surface area contributed by atoms with E-state index in [0.29, 0.717) is 26.2 Å². The van der Waals surface area contributed by atoms with Crippen LogP contribution in [0.5, 0.6) is 0 Å². The minimum Gasteiger partial charge on any atom is -0.444 e. The first-order valence-corrected chi connectivity index (χ1v) is 9.82. The van der Waals surface area contributed by atoms with Crippen LogP contribution in [0.1, 0.15) is 43.3 Å². The predicted molar refractivity (Wildman–Crippen MR) is 111 cm³/mol. The van der Waals surface area contributed by atoms with Crippen LogP contribution in [0.2, 0.25) is 0 Å². The van der Waals surface area contributed by atoms with E-state index in [9.17, 15) is 4.79 Å². The van der Waals surface area contributed by atoms with Gasteiger partial charge in [-0.3, -0.25) is 0 Å². The topological polar surface area (TPSA) is 58.6 Å². The van der Waals surface area contributed by atoms with Gasteiger partial charge >= 0.3 is 6.09 Å². The Morgan fingerprint density at radius 3 is 2.29 bits per heavy atom. The van der Waals surface area contributed by atoms with Crippen molar-refractivity contribution in [1.29, 1.82) is 0 Å². The second kappa shape index (κ2) is 8.17. The van der Waals surface area contributed by atoms with Crippen LogP contribution in [0, 0.1) is 13.8 Å². The van der Waals surface area contributed by atoms with Gasteiger partial charge in [-0.05, 0) is 46.2 Å². The molecular weight excluding hydrogens is 352 g/mol. The van der Waals surface area contributed by atoms with Gasteiger partial charge in [-0.2, -0.15) is 0 Å². The normalized spacial score (nSPS) is 14.9. The molecule has 0 radical (unpaired) electrons. The SMILES string of the molecule is Cc1ccc(Cc2cc(C)nc(N3CCN(C(=O)OC(C)(C)C)CC3)n2)cc1. The Kier molecular flexibility index (Phi) is 5.87. The molecular formula is C22H30N4O2. The van der Waals surface area contributed by atoms with Crippen molar-refractivity contribution in [1.82, 2.24) is 14.9 Å². The summed E-state index contributed by atoms with van der Waals surface area (Å²) >= 11 is 0. The van der Waals surface area contributed by atoms with Crippen LogP contribution in [0.3, 0.4) is 0 Å². The highest BCUT2D eigenvalue weighted by atomic mass is 16.6. The van der Waals surface area contributed by atoms with Gasteiger partial charge in [0.2, 0.25) is 5.95 Å². The number of hydrogen-bond acceptors (Lipinski definition) is 5. The summed E-state index contributed by atoms with van der Waals surface area (Å²) < 4.78 is 5.47. The molecule has 2 heterocycles. The van der Waals surface area contributed by atoms with Crippen molar-refractivity contribution in [3.63, 3.8) is 0 Å². The number of hydrogen-bond donors (Lipinski definition) is 0. The Morgan fingerprint density at radius 1 is 1.04 bits per heavy atom. The van der Waals surface area contributed by atoms with Gasteiger partial charge in [0.05, 0.1) is 5.69 Å². The molecule has 0 spiro atoms. The Morgan fingerprint density at radius 2 is 1.68 bits per heavy atom. The van der Waals surface area contributed by atoms with Gasteiger partial charge in [-0.25, -0.2) is 14.8 Å². The fourth-order valence-corrected chi connectivity index (χ4v) is 3.18. The minimum atomic E-state index is -0.473. The van der Waals surface area contributed by atoms with Crippen molar-refractivity contribution >= 4 is 12.0 Å². The summed E-state index contributed by atoms with van der Waals surface area (Å²) in [6.45, 7) is 12.4. The molecule has 0 aliphatic carbocycles. The number of rotatable bonds is 3. The van der Waals surface area contributed by atoms with Crippen molar-refractivity contribution in [3.05, 3.63) is 52.8 Å². The summed E-state index contributed by atoms with van der Waals surface area (Å²) in [4.78, 5) is 25.6. The highest BCUT2D eigenvalue weighted by Crippen LogP contribution is 2.17. The van der Waals surface area contributed by atoms with E-state index in [0.717, 1.165) is 23.8 Å². The van der Waals surface area contributed by atoms with Crippen LogP contribution in [-0.2, 0) is 11.2 Å². The monoisotopic (exact) mass is 382 g/mol. The molecule has 150 valence electrons. The van der Waals surface area contributed by atoms with Crippen molar-refractivity contribution in [2.75, 3.05) is 31.1 Å². The Labute approximate surface area is 167 Å². The Balaban J connectivity index is 1.65. The van der Waals surface area contributed by atoms with E-state index < -0.39 is 5.60 Å². The summed E-state index contributed by atoms with van der Waals surface area (Å²) in [5.74, 6) is 0.742. The maximum absolute atomic E-state index is 12.2. The third-order valence-corrected chi connectivity index (χ3v) is 4.62. The van der Waals surface area contributed by atoms with E-state index in [1.54, 1.807) is 4.90 Å². The second-order valence-corrected chi connectivity index (χ2v) is 8.42. The second-order valence-electron chi connectivity index (χ2n) is 8.42. The third-order valence-electron chi connectivity index (χ3n) is 4.62. The fourth-order valence-electron chi connectivity index (χ4n) is 3.18. The summed E-state index contributed by atoms with van der Waals surface area (Å²) in [5.41, 5.74) is 4.00. The summed E-state index contributed by atoms with van der Waals surface area (Å²) in [6, 6.07) is 10.6. The maximum atomic E-state index is 12.2. The van der Waals surface area contributed by atoms with E-state index in [1.807, 2.05) is 33.8 Å². The molecule has 1 aliphatic heterocycles. The summed E-state index contributed by atoms with van der Waals surface area (Å²) in [7, 11) is 0. The molecule has 0 N–H and O–H groups in total. The molecule has 6 nitrogen and oxygen atoms in total. The lowest BCUT2D eigenvalue weighted by Gasteiger charge is -2.35. The molecule has 1 aromatic carbocycles. The molecule has 1 saturated heterocycles. The number of aromatic nitrogens is 2. The highest BCUT2D eigenvalue weighted by molar-refractivity contribution is 5.68. The number of aryl methyl sites for hydroxylation is 2. The van der Waals surface area contributed by atoms with E-state index in [4.69, 9.17) is 9.72 Å². The molecule has 0 unspecified atom stereocenters. The average Bonchev–Trinajstić information content (AvgIpc) is 2.62. The van der Waals surface area contributed by atoms with Crippen molar-refractivity contribution < 1.29 is 9.53 Å². The molecule has 28 heavy (non-hydrogen) atoms. The lowest BCUT2D eigenvalue weighted by Crippen LogP contribution is -2.50. The van der Waals surface area contributed by atoms with Crippen LogP contribution < -0.4 is 4.90 Å². The lowest BCUT2D eigenvalue weighted by atomic mass is 10.1. The van der Waals surface area contributed by atoms with Crippen LogP contribution in [0.25, 0.3) is 0 Å². The maximum Gasteiger partial charge on any atom is 0.410 e. The van der Waals surface area contributed by atoms with Crippen molar-refractivity contribution in [3.8, 4) is 0 Å². The zero-order chi connectivity index (χ0) is 20.3. The van der Waals surface area contributed by atoms with E-state index in [2.05, 4.69) is 41.1 Å². The first-order valence-electron chi connectivity index (χ1n) is 9.82. The van der Waals surface area contributed by atoms with Gasteiger partial charge in [-0.15, -0.1) is 0 Å². The molecule has 1 fully saturated rings. The number of ether oxygens (including phenoxy) is 1. The fraction of sp³-hybridized carbons (Fsp3) is 0.500. The largest absolute Gasteiger partial charge is 0.444 e. The van der Waals surface area contributed by atoms with Crippen molar-refractivity contribution in [2.45, 2.75) is 46.6 Å². The zero-order valence-electron chi connectivity index (χ0n) is 17.5. The quantitative estimate of drug-likeness (QED) is 0.809.